The molecule has 2 heterocycles. The first kappa shape index (κ1) is 14.3. The number of nitrogens with one attached hydrogen (secondary N) is 1. The van der Waals surface area contributed by atoms with Crippen LogP contribution in [0.15, 0.2) is 41.0 Å². The van der Waals surface area contributed by atoms with Crippen LogP contribution < -0.4 is 10.2 Å². The molecule has 0 aliphatic carbocycles. The zero-order valence-corrected chi connectivity index (χ0v) is 13.2. The lowest BCUT2D eigenvalue weighted by Crippen LogP contribution is -2.19. The van der Waals surface area contributed by atoms with Crippen LogP contribution in [0.3, 0.4) is 0 Å². The van der Waals surface area contributed by atoms with Crippen LogP contribution in [-0.4, -0.2) is 18.1 Å². The number of hydrogen-bond donors (Lipinski definition) is 1. The van der Waals surface area contributed by atoms with Gasteiger partial charge < -0.3 is 10.2 Å². The van der Waals surface area contributed by atoms with Crippen LogP contribution in [0.2, 0.25) is 0 Å². The van der Waals surface area contributed by atoms with Crippen molar-refractivity contribution in [3.8, 4) is 0 Å². The highest BCUT2D eigenvalue weighted by molar-refractivity contribution is 9.10. The van der Waals surface area contributed by atoms with Gasteiger partial charge in [-0.3, -0.25) is 0 Å². The van der Waals surface area contributed by atoms with Gasteiger partial charge in [0.2, 0.25) is 0 Å². The van der Waals surface area contributed by atoms with Crippen LogP contribution in [0.25, 0.3) is 0 Å². The number of anilines is 2. The zero-order chi connectivity index (χ0) is 14.7. The van der Waals surface area contributed by atoms with Gasteiger partial charge in [0, 0.05) is 18.8 Å². The Morgan fingerprint density at radius 2 is 2.00 bits per heavy atom. The highest BCUT2D eigenvalue weighted by Gasteiger charge is 2.16. The molecule has 1 aromatic heterocycles. The summed E-state index contributed by atoms with van der Waals surface area (Å²) in [6, 6.07) is 11.1. The number of pyridine rings is 1. The van der Waals surface area contributed by atoms with Gasteiger partial charge in [0.25, 0.3) is 0 Å². The molecule has 0 radical (unpaired) electrons. The second-order valence-electron chi connectivity index (χ2n) is 5.17. The van der Waals surface area contributed by atoms with E-state index in [-0.39, 0.29) is 5.82 Å². The third-order valence-corrected chi connectivity index (χ3v) is 4.08. The van der Waals surface area contributed by atoms with Crippen LogP contribution in [0.5, 0.6) is 0 Å². The molecule has 3 rings (SSSR count). The molecule has 0 spiro atoms. The van der Waals surface area contributed by atoms with Gasteiger partial charge in [-0.05, 0) is 59.1 Å². The fourth-order valence-electron chi connectivity index (χ4n) is 2.57. The van der Waals surface area contributed by atoms with Crippen molar-refractivity contribution in [2.75, 3.05) is 23.3 Å². The molecule has 0 saturated carbocycles. The van der Waals surface area contributed by atoms with Gasteiger partial charge in [-0.1, -0.05) is 6.07 Å². The SMILES string of the molecule is Fc1cc(NCc2cccc(Br)n2)ccc1N1CCCC1. The number of hydrogen-bond acceptors (Lipinski definition) is 3. The topological polar surface area (TPSA) is 28.2 Å². The molecule has 0 bridgehead atoms. The van der Waals surface area contributed by atoms with Crippen LogP contribution >= 0.6 is 15.9 Å². The third-order valence-electron chi connectivity index (χ3n) is 3.64. The molecule has 0 amide bonds. The average Bonchev–Trinajstić information content (AvgIpc) is 2.99. The molecule has 5 heteroatoms. The van der Waals surface area contributed by atoms with E-state index in [1.54, 1.807) is 6.07 Å². The molecule has 2 aromatic rings. The fourth-order valence-corrected chi connectivity index (χ4v) is 2.95. The van der Waals surface area contributed by atoms with E-state index in [0.29, 0.717) is 12.2 Å². The van der Waals surface area contributed by atoms with Crippen molar-refractivity contribution in [2.24, 2.45) is 0 Å². The van der Waals surface area contributed by atoms with E-state index >= 15 is 0 Å². The predicted molar refractivity (Wildman–Crippen MR) is 87.1 cm³/mol. The van der Waals surface area contributed by atoms with Crippen LogP contribution in [0.4, 0.5) is 15.8 Å². The van der Waals surface area contributed by atoms with Crippen molar-refractivity contribution in [2.45, 2.75) is 19.4 Å². The monoisotopic (exact) mass is 349 g/mol. The van der Waals surface area contributed by atoms with Crippen molar-refractivity contribution in [1.82, 2.24) is 4.98 Å². The smallest absolute Gasteiger partial charge is 0.148 e. The van der Waals surface area contributed by atoms with Crippen LogP contribution in [0.1, 0.15) is 18.5 Å². The van der Waals surface area contributed by atoms with Gasteiger partial charge in [-0.2, -0.15) is 0 Å². The molecule has 1 aliphatic heterocycles. The normalized spacial score (nSPS) is 14.5. The lowest BCUT2D eigenvalue weighted by atomic mass is 10.2. The summed E-state index contributed by atoms with van der Waals surface area (Å²) in [5.74, 6) is -0.163. The molecule has 1 fully saturated rings. The maximum absolute atomic E-state index is 14.2. The molecule has 1 aliphatic rings. The Hall–Kier alpha value is -1.62. The lowest BCUT2D eigenvalue weighted by Gasteiger charge is -2.19. The largest absolute Gasteiger partial charge is 0.379 e. The van der Waals surface area contributed by atoms with Crippen molar-refractivity contribution < 1.29 is 4.39 Å². The standard InChI is InChI=1S/C16H17BrFN3/c17-16-5-3-4-13(20-16)11-19-12-6-7-15(14(18)10-12)21-8-1-2-9-21/h3-7,10,19H,1-2,8-9,11H2. The molecule has 110 valence electrons. The minimum Gasteiger partial charge on any atom is -0.379 e. The van der Waals surface area contributed by atoms with Crippen molar-refractivity contribution >= 4 is 27.3 Å². The van der Waals surface area contributed by atoms with Crippen molar-refractivity contribution in [3.63, 3.8) is 0 Å². The minimum absolute atomic E-state index is 0.163. The number of aromatic nitrogens is 1. The summed E-state index contributed by atoms with van der Waals surface area (Å²) < 4.78 is 15.0. The highest BCUT2D eigenvalue weighted by Crippen LogP contribution is 2.26. The van der Waals surface area contributed by atoms with Gasteiger partial charge in [0.05, 0.1) is 17.9 Å². The van der Waals surface area contributed by atoms with E-state index in [4.69, 9.17) is 0 Å². The van der Waals surface area contributed by atoms with Crippen molar-refractivity contribution in [1.29, 1.82) is 0 Å². The predicted octanol–water partition coefficient (Wildman–Crippen LogP) is 4.20. The maximum Gasteiger partial charge on any atom is 0.148 e. The first-order valence-corrected chi connectivity index (χ1v) is 7.91. The van der Waals surface area contributed by atoms with E-state index in [1.165, 1.54) is 0 Å². The molecule has 21 heavy (non-hydrogen) atoms. The Morgan fingerprint density at radius 3 is 2.71 bits per heavy atom. The number of rotatable bonds is 4. The molecule has 1 N–H and O–H groups in total. The summed E-state index contributed by atoms with van der Waals surface area (Å²) in [5, 5.41) is 3.20. The fraction of sp³-hybridized carbons (Fsp3) is 0.312. The quantitative estimate of drug-likeness (QED) is 0.838. The summed E-state index contributed by atoms with van der Waals surface area (Å²) in [7, 11) is 0. The molecule has 3 nitrogen and oxygen atoms in total. The van der Waals surface area contributed by atoms with Gasteiger partial charge >= 0.3 is 0 Å². The van der Waals surface area contributed by atoms with Crippen LogP contribution in [-0.2, 0) is 6.54 Å². The van der Waals surface area contributed by atoms with Gasteiger partial charge in [0.15, 0.2) is 0 Å². The number of nitrogens with zero attached hydrogens (tertiary/aromatic N) is 2. The summed E-state index contributed by atoms with van der Waals surface area (Å²) in [6.07, 6.45) is 2.29. The Balaban J connectivity index is 1.67. The summed E-state index contributed by atoms with van der Waals surface area (Å²) >= 11 is 3.34. The number of benzene rings is 1. The maximum atomic E-state index is 14.2. The first-order valence-electron chi connectivity index (χ1n) is 7.12. The number of halogens is 2. The summed E-state index contributed by atoms with van der Waals surface area (Å²) in [5.41, 5.74) is 2.39. The van der Waals surface area contributed by atoms with E-state index < -0.39 is 0 Å². The van der Waals surface area contributed by atoms with E-state index in [2.05, 4.69) is 31.1 Å². The Labute approximate surface area is 132 Å². The molecule has 0 unspecified atom stereocenters. The zero-order valence-electron chi connectivity index (χ0n) is 11.6. The Bertz CT molecular complexity index is 627. The first-order chi connectivity index (χ1) is 10.2. The second kappa shape index (κ2) is 6.43. The Morgan fingerprint density at radius 1 is 1.19 bits per heavy atom. The Kier molecular flexibility index (Phi) is 4.39. The summed E-state index contributed by atoms with van der Waals surface area (Å²) in [6.45, 7) is 2.47. The minimum atomic E-state index is -0.163. The van der Waals surface area contributed by atoms with Gasteiger partial charge in [-0.25, -0.2) is 9.37 Å². The molecular formula is C16H17BrFN3. The lowest BCUT2D eigenvalue weighted by molar-refractivity contribution is 0.623. The van der Waals surface area contributed by atoms with E-state index in [1.807, 2.05) is 30.3 Å². The van der Waals surface area contributed by atoms with E-state index in [0.717, 1.165) is 41.9 Å². The molecular weight excluding hydrogens is 333 g/mol. The van der Waals surface area contributed by atoms with Crippen molar-refractivity contribution in [3.05, 3.63) is 52.5 Å². The van der Waals surface area contributed by atoms with Crippen LogP contribution in [0, 0.1) is 5.82 Å². The second-order valence-corrected chi connectivity index (χ2v) is 5.98. The third kappa shape index (κ3) is 3.53. The van der Waals surface area contributed by atoms with E-state index in [9.17, 15) is 4.39 Å². The van der Waals surface area contributed by atoms with Gasteiger partial charge in [-0.15, -0.1) is 0 Å². The average molecular weight is 350 g/mol. The van der Waals surface area contributed by atoms with Gasteiger partial charge in [0.1, 0.15) is 10.4 Å². The highest BCUT2D eigenvalue weighted by atomic mass is 79.9. The molecule has 0 atom stereocenters. The molecule has 1 aromatic carbocycles. The molecule has 1 saturated heterocycles. The summed E-state index contributed by atoms with van der Waals surface area (Å²) in [4.78, 5) is 6.45.